The summed E-state index contributed by atoms with van der Waals surface area (Å²) >= 11 is 0. The largest absolute Gasteiger partial charge is 0.389 e. The maximum absolute atomic E-state index is 9.55. The van der Waals surface area contributed by atoms with Crippen molar-refractivity contribution in [1.29, 1.82) is 0 Å². The first-order chi connectivity index (χ1) is 7.31. The van der Waals surface area contributed by atoms with E-state index in [-0.39, 0.29) is 6.10 Å². The van der Waals surface area contributed by atoms with Crippen molar-refractivity contribution in [2.75, 3.05) is 33.4 Å². The first-order valence-electron chi connectivity index (χ1n) is 5.95. The predicted molar refractivity (Wildman–Crippen MR) is 58.9 cm³/mol. The molecule has 4 heteroatoms. The number of aliphatic hydroxyl groups excluding tert-OH is 1. The first-order valence-corrected chi connectivity index (χ1v) is 5.95. The minimum Gasteiger partial charge on any atom is -0.389 e. The Hall–Kier alpha value is -0.160. The topological polar surface area (TPSA) is 44.7 Å². The number of hydrogen-bond acceptors (Lipinski definition) is 4. The van der Waals surface area contributed by atoms with Crippen LogP contribution in [0.3, 0.4) is 0 Å². The summed E-state index contributed by atoms with van der Waals surface area (Å²) in [7, 11) is 1.62. The molecule has 0 aliphatic carbocycles. The molecular formula is C11H22N2O2. The number of nitrogens with zero attached hydrogens (tertiary/aromatic N) is 1. The zero-order valence-corrected chi connectivity index (χ0v) is 9.48. The van der Waals surface area contributed by atoms with Crippen molar-refractivity contribution < 1.29 is 9.84 Å². The second-order valence-corrected chi connectivity index (χ2v) is 4.66. The fourth-order valence-electron chi connectivity index (χ4n) is 2.86. The number of fused-ring (bicyclic) bond motifs is 1. The van der Waals surface area contributed by atoms with Crippen molar-refractivity contribution in [2.24, 2.45) is 0 Å². The van der Waals surface area contributed by atoms with Crippen LogP contribution in [-0.4, -0.2) is 61.5 Å². The average Bonchev–Trinajstić information content (AvgIpc) is 2.77. The Morgan fingerprint density at radius 2 is 2.33 bits per heavy atom. The zero-order valence-electron chi connectivity index (χ0n) is 9.48. The SMILES string of the molecule is COCC(O)CNC1CCN2CCCC12. The van der Waals surface area contributed by atoms with Crippen LogP contribution in [0.25, 0.3) is 0 Å². The minimum atomic E-state index is -0.370. The highest BCUT2D eigenvalue weighted by atomic mass is 16.5. The smallest absolute Gasteiger partial charge is 0.0897 e. The Morgan fingerprint density at radius 3 is 3.13 bits per heavy atom. The van der Waals surface area contributed by atoms with E-state index in [4.69, 9.17) is 4.74 Å². The second-order valence-electron chi connectivity index (χ2n) is 4.66. The van der Waals surface area contributed by atoms with Crippen LogP contribution >= 0.6 is 0 Å². The van der Waals surface area contributed by atoms with Gasteiger partial charge in [0.25, 0.3) is 0 Å². The van der Waals surface area contributed by atoms with Crippen molar-refractivity contribution in [1.82, 2.24) is 10.2 Å². The van der Waals surface area contributed by atoms with Crippen LogP contribution < -0.4 is 5.32 Å². The maximum Gasteiger partial charge on any atom is 0.0897 e. The molecule has 2 heterocycles. The van der Waals surface area contributed by atoms with Crippen molar-refractivity contribution in [2.45, 2.75) is 37.5 Å². The van der Waals surface area contributed by atoms with Crippen LogP contribution in [-0.2, 0) is 4.74 Å². The van der Waals surface area contributed by atoms with E-state index in [2.05, 4.69) is 10.2 Å². The molecule has 2 rings (SSSR count). The lowest BCUT2D eigenvalue weighted by Gasteiger charge is -2.22. The molecule has 0 amide bonds. The summed E-state index contributed by atoms with van der Waals surface area (Å²) in [6.07, 6.45) is 3.51. The van der Waals surface area contributed by atoms with E-state index in [0.29, 0.717) is 19.2 Å². The summed E-state index contributed by atoms with van der Waals surface area (Å²) in [6.45, 7) is 3.57. The highest BCUT2D eigenvalue weighted by Gasteiger charge is 2.36. The molecule has 0 saturated carbocycles. The lowest BCUT2D eigenvalue weighted by molar-refractivity contribution is 0.0620. The fourth-order valence-corrected chi connectivity index (χ4v) is 2.86. The Labute approximate surface area is 91.6 Å². The number of methoxy groups -OCH3 is 1. The highest BCUT2D eigenvalue weighted by molar-refractivity contribution is 4.95. The Kier molecular flexibility index (Phi) is 3.97. The van der Waals surface area contributed by atoms with Gasteiger partial charge in [-0.2, -0.15) is 0 Å². The van der Waals surface area contributed by atoms with Crippen LogP contribution in [0, 0.1) is 0 Å². The van der Waals surface area contributed by atoms with Gasteiger partial charge in [0.05, 0.1) is 12.7 Å². The molecular weight excluding hydrogens is 192 g/mol. The molecule has 0 bridgehead atoms. The van der Waals surface area contributed by atoms with Gasteiger partial charge in [0.15, 0.2) is 0 Å². The molecule has 3 unspecified atom stereocenters. The summed E-state index contributed by atoms with van der Waals surface area (Å²) in [5.41, 5.74) is 0. The van der Waals surface area contributed by atoms with Crippen LogP contribution in [0.1, 0.15) is 19.3 Å². The van der Waals surface area contributed by atoms with Crippen LogP contribution in [0.2, 0.25) is 0 Å². The van der Waals surface area contributed by atoms with Gasteiger partial charge in [-0.15, -0.1) is 0 Å². The molecule has 88 valence electrons. The normalized spacial score (nSPS) is 33.2. The van der Waals surface area contributed by atoms with Gasteiger partial charge >= 0.3 is 0 Å². The molecule has 0 aromatic carbocycles. The van der Waals surface area contributed by atoms with E-state index < -0.39 is 0 Å². The van der Waals surface area contributed by atoms with Gasteiger partial charge in [-0.1, -0.05) is 0 Å². The number of nitrogens with one attached hydrogen (secondary N) is 1. The summed E-state index contributed by atoms with van der Waals surface area (Å²) in [5.74, 6) is 0. The van der Waals surface area contributed by atoms with Crippen molar-refractivity contribution in [3.63, 3.8) is 0 Å². The predicted octanol–water partition coefficient (Wildman–Crippen LogP) is -0.180. The molecule has 0 spiro atoms. The number of hydrogen-bond donors (Lipinski definition) is 2. The van der Waals surface area contributed by atoms with Crippen LogP contribution in [0.4, 0.5) is 0 Å². The standard InChI is InChI=1S/C11H22N2O2/c1-15-8-9(14)7-12-10-4-6-13-5-2-3-11(10)13/h9-12,14H,2-8H2,1H3. The molecule has 4 nitrogen and oxygen atoms in total. The van der Waals surface area contributed by atoms with E-state index in [1.54, 1.807) is 7.11 Å². The summed E-state index contributed by atoms with van der Waals surface area (Å²) in [6, 6.07) is 1.30. The third kappa shape index (κ3) is 2.69. The van der Waals surface area contributed by atoms with Gasteiger partial charge in [0, 0.05) is 32.3 Å². The van der Waals surface area contributed by atoms with E-state index in [1.807, 2.05) is 0 Å². The quantitative estimate of drug-likeness (QED) is 0.666. The number of rotatable bonds is 5. The van der Waals surface area contributed by atoms with Gasteiger partial charge in [0.2, 0.25) is 0 Å². The van der Waals surface area contributed by atoms with Crippen molar-refractivity contribution >= 4 is 0 Å². The third-order valence-corrected chi connectivity index (χ3v) is 3.58. The Balaban J connectivity index is 1.71. The summed E-state index contributed by atoms with van der Waals surface area (Å²) < 4.78 is 4.91. The summed E-state index contributed by atoms with van der Waals surface area (Å²) in [4.78, 5) is 2.57. The monoisotopic (exact) mass is 214 g/mol. The molecule has 0 radical (unpaired) electrons. The van der Waals surface area contributed by atoms with E-state index in [1.165, 1.54) is 32.4 Å². The Bertz CT molecular complexity index is 201. The van der Waals surface area contributed by atoms with Crippen LogP contribution in [0.15, 0.2) is 0 Å². The van der Waals surface area contributed by atoms with Gasteiger partial charge in [0.1, 0.15) is 0 Å². The molecule has 2 fully saturated rings. The van der Waals surface area contributed by atoms with E-state index in [9.17, 15) is 5.11 Å². The second kappa shape index (κ2) is 5.25. The number of aliphatic hydroxyl groups is 1. The van der Waals surface area contributed by atoms with Crippen LogP contribution in [0.5, 0.6) is 0 Å². The molecule has 2 saturated heterocycles. The van der Waals surface area contributed by atoms with Gasteiger partial charge in [-0.05, 0) is 25.8 Å². The first kappa shape index (κ1) is 11.3. The van der Waals surface area contributed by atoms with Gasteiger partial charge in [-0.3, -0.25) is 4.90 Å². The van der Waals surface area contributed by atoms with Crippen molar-refractivity contribution in [3.05, 3.63) is 0 Å². The van der Waals surface area contributed by atoms with Crippen molar-refractivity contribution in [3.8, 4) is 0 Å². The molecule has 2 N–H and O–H groups in total. The fraction of sp³-hybridized carbons (Fsp3) is 1.00. The zero-order chi connectivity index (χ0) is 10.7. The number of ether oxygens (including phenoxy) is 1. The highest BCUT2D eigenvalue weighted by Crippen LogP contribution is 2.27. The molecule has 2 aliphatic heterocycles. The average molecular weight is 214 g/mol. The lowest BCUT2D eigenvalue weighted by Crippen LogP contribution is -2.43. The van der Waals surface area contributed by atoms with E-state index in [0.717, 1.165) is 6.04 Å². The van der Waals surface area contributed by atoms with Gasteiger partial charge < -0.3 is 15.2 Å². The Morgan fingerprint density at radius 1 is 1.47 bits per heavy atom. The maximum atomic E-state index is 9.55. The molecule has 15 heavy (non-hydrogen) atoms. The lowest BCUT2D eigenvalue weighted by atomic mass is 10.1. The molecule has 0 aromatic heterocycles. The minimum absolute atomic E-state index is 0.370. The van der Waals surface area contributed by atoms with E-state index >= 15 is 0 Å². The molecule has 2 aliphatic rings. The third-order valence-electron chi connectivity index (χ3n) is 3.58. The van der Waals surface area contributed by atoms with Gasteiger partial charge in [-0.25, -0.2) is 0 Å². The molecule has 0 aromatic rings. The molecule has 3 atom stereocenters. The summed E-state index contributed by atoms with van der Waals surface area (Å²) in [5, 5.41) is 13.0.